The molecule has 0 radical (unpaired) electrons. The highest BCUT2D eigenvalue weighted by Crippen LogP contribution is 2.28. The number of methoxy groups -OCH3 is 2. The first-order chi connectivity index (χ1) is 11.9. The second-order valence-electron chi connectivity index (χ2n) is 4.81. The van der Waals surface area contributed by atoms with Crippen molar-refractivity contribution in [2.75, 3.05) is 14.2 Å². The van der Waals surface area contributed by atoms with E-state index in [-0.39, 0.29) is 11.3 Å². The number of carboxylic acids is 1. The highest BCUT2D eigenvalue weighted by Gasteiger charge is 2.14. The van der Waals surface area contributed by atoms with Gasteiger partial charge in [-0.15, -0.1) is 0 Å². The van der Waals surface area contributed by atoms with E-state index in [9.17, 15) is 9.59 Å². The van der Waals surface area contributed by atoms with Gasteiger partial charge in [0.2, 0.25) is 0 Å². The summed E-state index contributed by atoms with van der Waals surface area (Å²) in [5.74, 6) is -0.812. The molecule has 0 saturated heterocycles. The molecule has 0 fully saturated rings. The average Bonchev–Trinajstić information content (AvgIpc) is 2.61. The number of hydrogen-bond acceptors (Lipinski definition) is 5. The third-order valence-electron chi connectivity index (χ3n) is 3.20. The molecule has 0 aliphatic rings. The number of hydrogen-bond donors (Lipinski definition) is 1. The molecule has 0 amide bonds. The lowest BCUT2D eigenvalue weighted by molar-refractivity contribution is -0.128. The molecule has 0 atom stereocenters. The van der Waals surface area contributed by atoms with Gasteiger partial charge in [0.15, 0.2) is 11.5 Å². The third kappa shape index (κ3) is 4.84. The van der Waals surface area contributed by atoms with Gasteiger partial charge >= 0.3 is 11.9 Å². The molecule has 0 bridgehead atoms. The number of carboxylic acid groups (broad SMARTS) is 1. The minimum Gasteiger partial charge on any atom is -0.493 e. The zero-order valence-corrected chi connectivity index (χ0v) is 15.1. The lowest BCUT2D eigenvalue weighted by Gasteiger charge is -2.08. The topological polar surface area (TPSA) is 82.1 Å². The Labute approximate surface area is 152 Å². The van der Waals surface area contributed by atoms with Crippen LogP contribution in [0.3, 0.4) is 0 Å². The van der Waals surface area contributed by atoms with E-state index in [1.54, 1.807) is 24.3 Å². The summed E-state index contributed by atoms with van der Waals surface area (Å²) >= 11 is 3.18. The first kappa shape index (κ1) is 18.5. The molecule has 7 heteroatoms. The molecule has 0 spiro atoms. The van der Waals surface area contributed by atoms with Gasteiger partial charge in [-0.2, -0.15) is 0 Å². The van der Waals surface area contributed by atoms with Crippen LogP contribution in [0.2, 0.25) is 0 Å². The third-order valence-corrected chi connectivity index (χ3v) is 3.70. The molecule has 2 aromatic carbocycles. The van der Waals surface area contributed by atoms with Gasteiger partial charge in [-0.25, -0.2) is 9.59 Å². The number of rotatable bonds is 6. The van der Waals surface area contributed by atoms with Crippen LogP contribution in [0.1, 0.15) is 15.9 Å². The first-order valence-corrected chi connectivity index (χ1v) is 7.88. The monoisotopic (exact) mass is 406 g/mol. The Morgan fingerprint density at radius 1 is 1.00 bits per heavy atom. The maximum Gasteiger partial charge on any atom is 0.339 e. The largest absolute Gasteiger partial charge is 0.493 e. The van der Waals surface area contributed by atoms with Crippen LogP contribution in [0.25, 0.3) is 6.08 Å². The number of halogens is 1. The molecule has 1 N–H and O–H groups in total. The van der Waals surface area contributed by atoms with Crippen LogP contribution in [0.4, 0.5) is 0 Å². The number of carbonyl (C=O) groups is 2. The summed E-state index contributed by atoms with van der Waals surface area (Å²) in [5, 5.41) is 9.16. The molecular weight excluding hydrogens is 392 g/mol. The molecular formula is C18H15BrO6. The van der Waals surface area contributed by atoms with E-state index in [1.165, 1.54) is 38.5 Å². The van der Waals surface area contributed by atoms with Gasteiger partial charge in [-0.1, -0.05) is 22.0 Å². The van der Waals surface area contributed by atoms with Gasteiger partial charge in [0.25, 0.3) is 0 Å². The van der Waals surface area contributed by atoms with Crippen molar-refractivity contribution >= 4 is 33.9 Å². The minimum atomic E-state index is -1.19. The van der Waals surface area contributed by atoms with Crippen molar-refractivity contribution in [3.8, 4) is 17.2 Å². The molecule has 0 aromatic heterocycles. The Bertz CT molecular complexity index is 828. The highest BCUT2D eigenvalue weighted by molar-refractivity contribution is 9.10. The fourth-order valence-electron chi connectivity index (χ4n) is 2.02. The summed E-state index contributed by atoms with van der Waals surface area (Å²) in [6.07, 6.45) is 2.73. The zero-order valence-electron chi connectivity index (χ0n) is 13.5. The normalized spacial score (nSPS) is 10.5. The fourth-order valence-corrected chi connectivity index (χ4v) is 2.38. The Hall–Kier alpha value is -2.80. The van der Waals surface area contributed by atoms with E-state index >= 15 is 0 Å². The zero-order chi connectivity index (χ0) is 18.4. The molecule has 2 rings (SSSR count). The molecule has 0 aliphatic carbocycles. The quantitative estimate of drug-likeness (QED) is 0.446. The van der Waals surface area contributed by atoms with Gasteiger partial charge in [-0.3, -0.25) is 0 Å². The van der Waals surface area contributed by atoms with Crippen molar-refractivity contribution in [3.05, 3.63) is 58.1 Å². The lowest BCUT2D eigenvalue weighted by Crippen LogP contribution is -2.08. The average molecular weight is 407 g/mol. The van der Waals surface area contributed by atoms with Crippen molar-refractivity contribution in [2.24, 2.45) is 0 Å². The second-order valence-corrected chi connectivity index (χ2v) is 5.73. The smallest absolute Gasteiger partial charge is 0.339 e. The van der Waals surface area contributed by atoms with Crippen molar-refractivity contribution in [1.29, 1.82) is 0 Å². The summed E-state index contributed by atoms with van der Waals surface area (Å²) in [4.78, 5) is 23.2. The van der Waals surface area contributed by atoms with Gasteiger partial charge in [-0.05, 0) is 42.0 Å². The standard InChI is InChI=1S/C18H15BrO6/c1-23-15-6-3-11(9-16(15)24-2)4-8-17(20)25-14-7-5-12(19)10-13(14)18(21)22/h3-10H,1-2H3,(H,21,22)/b8-4+. The van der Waals surface area contributed by atoms with Crippen LogP contribution in [0.15, 0.2) is 46.9 Å². The SMILES string of the molecule is COc1ccc(/C=C/C(=O)Oc2ccc(Br)cc2C(=O)O)cc1OC. The Balaban J connectivity index is 2.15. The van der Waals surface area contributed by atoms with E-state index in [0.29, 0.717) is 21.5 Å². The molecule has 0 saturated carbocycles. The predicted octanol–water partition coefficient (Wildman–Crippen LogP) is 3.78. The van der Waals surface area contributed by atoms with Gasteiger partial charge < -0.3 is 19.3 Å². The van der Waals surface area contributed by atoms with Crippen molar-refractivity contribution in [1.82, 2.24) is 0 Å². The minimum absolute atomic E-state index is 0.0299. The van der Waals surface area contributed by atoms with Crippen LogP contribution >= 0.6 is 15.9 Å². The van der Waals surface area contributed by atoms with Gasteiger partial charge in [0.05, 0.1) is 14.2 Å². The molecule has 0 unspecified atom stereocenters. The van der Waals surface area contributed by atoms with E-state index in [0.717, 1.165) is 0 Å². The van der Waals surface area contributed by atoms with Crippen LogP contribution in [-0.2, 0) is 4.79 Å². The second kappa shape index (κ2) is 8.34. The first-order valence-electron chi connectivity index (χ1n) is 7.09. The van der Waals surface area contributed by atoms with Crippen LogP contribution in [-0.4, -0.2) is 31.3 Å². The summed E-state index contributed by atoms with van der Waals surface area (Å²) in [5.41, 5.74) is 0.589. The number of benzene rings is 2. The van der Waals surface area contributed by atoms with Crippen molar-refractivity contribution in [2.45, 2.75) is 0 Å². The number of esters is 1. The van der Waals surface area contributed by atoms with Crippen molar-refractivity contribution < 1.29 is 28.9 Å². The summed E-state index contributed by atoms with van der Waals surface area (Å²) < 4.78 is 16.0. The molecule has 130 valence electrons. The Morgan fingerprint density at radius 3 is 2.32 bits per heavy atom. The fraction of sp³-hybridized carbons (Fsp3) is 0.111. The molecule has 0 aliphatic heterocycles. The van der Waals surface area contributed by atoms with E-state index in [4.69, 9.17) is 19.3 Å². The van der Waals surface area contributed by atoms with Crippen LogP contribution < -0.4 is 14.2 Å². The number of ether oxygens (including phenoxy) is 3. The summed E-state index contributed by atoms with van der Waals surface area (Å²) in [7, 11) is 3.05. The Morgan fingerprint density at radius 2 is 1.68 bits per heavy atom. The maximum atomic E-state index is 12.0. The Kier molecular flexibility index (Phi) is 6.19. The number of carbonyl (C=O) groups excluding carboxylic acids is 1. The van der Waals surface area contributed by atoms with E-state index in [2.05, 4.69) is 15.9 Å². The number of aromatic carboxylic acids is 1. The van der Waals surface area contributed by atoms with Crippen molar-refractivity contribution in [3.63, 3.8) is 0 Å². The molecule has 2 aromatic rings. The highest BCUT2D eigenvalue weighted by atomic mass is 79.9. The van der Waals surface area contributed by atoms with E-state index < -0.39 is 11.9 Å². The van der Waals surface area contributed by atoms with Crippen LogP contribution in [0, 0.1) is 0 Å². The summed E-state index contributed by atoms with van der Waals surface area (Å²) in [6.45, 7) is 0. The molecule has 25 heavy (non-hydrogen) atoms. The van der Waals surface area contributed by atoms with E-state index in [1.807, 2.05) is 0 Å². The molecule has 6 nitrogen and oxygen atoms in total. The van der Waals surface area contributed by atoms with Crippen LogP contribution in [0.5, 0.6) is 17.2 Å². The molecule has 0 heterocycles. The predicted molar refractivity (Wildman–Crippen MR) is 95.3 cm³/mol. The maximum absolute atomic E-state index is 12.0. The lowest BCUT2D eigenvalue weighted by atomic mass is 10.2. The van der Waals surface area contributed by atoms with Gasteiger partial charge in [0.1, 0.15) is 11.3 Å². The van der Waals surface area contributed by atoms with Gasteiger partial charge in [0, 0.05) is 10.5 Å². The summed E-state index contributed by atoms with van der Waals surface area (Å²) in [6, 6.07) is 9.52.